The number of aryl methyl sites for hydroxylation is 2. The van der Waals surface area contributed by atoms with Crippen molar-refractivity contribution in [2.75, 3.05) is 26.2 Å². The van der Waals surface area contributed by atoms with Crippen LogP contribution in [0.5, 0.6) is 0 Å². The van der Waals surface area contributed by atoms with Gasteiger partial charge >= 0.3 is 0 Å². The normalized spacial score (nSPS) is 15.3. The third-order valence-corrected chi connectivity index (χ3v) is 4.22. The molecule has 1 aliphatic heterocycles. The highest BCUT2D eigenvalue weighted by Crippen LogP contribution is 2.19. The third kappa shape index (κ3) is 4.42. The van der Waals surface area contributed by atoms with E-state index in [-0.39, 0.29) is 5.91 Å². The van der Waals surface area contributed by atoms with E-state index in [1.807, 2.05) is 23.9 Å². The van der Waals surface area contributed by atoms with Crippen molar-refractivity contribution in [2.24, 2.45) is 0 Å². The fourth-order valence-electron chi connectivity index (χ4n) is 2.90. The van der Waals surface area contributed by atoms with E-state index >= 15 is 0 Å². The predicted molar refractivity (Wildman–Crippen MR) is 90.2 cm³/mol. The Morgan fingerprint density at radius 2 is 2.09 bits per heavy atom. The molecule has 1 aromatic heterocycles. The van der Waals surface area contributed by atoms with Gasteiger partial charge in [-0.25, -0.2) is 0 Å². The molecule has 0 aliphatic carbocycles. The van der Waals surface area contributed by atoms with Crippen LogP contribution in [0.25, 0.3) is 0 Å². The predicted octanol–water partition coefficient (Wildman–Crippen LogP) is 1.80. The molecule has 1 aromatic carbocycles. The molecule has 0 radical (unpaired) electrons. The van der Waals surface area contributed by atoms with Crippen LogP contribution in [0.4, 0.5) is 0 Å². The van der Waals surface area contributed by atoms with Crippen LogP contribution in [-0.2, 0) is 11.2 Å². The smallest absolute Gasteiger partial charge is 0.234 e. The maximum atomic E-state index is 11.9. The van der Waals surface area contributed by atoms with Gasteiger partial charge in [0.05, 0.1) is 18.8 Å². The number of nitrogens with one attached hydrogen (secondary N) is 1. The van der Waals surface area contributed by atoms with Crippen molar-refractivity contribution in [3.05, 3.63) is 53.9 Å². The summed E-state index contributed by atoms with van der Waals surface area (Å²) in [6.45, 7) is 5.07. The molecule has 5 heteroatoms. The van der Waals surface area contributed by atoms with E-state index in [4.69, 9.17) is 0 Å². The van der Waals surface area contributed by atoms with Crippen LogP contribution >= 0.6 is 0 Å². The first-order valence-corrected chi connectivity index (χ1v) is 8.24. The molecule has 0 unspecified atom stereocenters. The molecule has 1 amide bonds. The number of benzene rings is 1. The van der Waals surface area contributed by atoms with Gasteiger partial charge in [0.15, 0.2) is 0 Å². The molecule has 1 fully saturated rings. The van der Waals surface area contributed by atoms with Crippen LogP contribution in [0.15, 0.2) is 42.7 Å². The van der Waals surface area contributed by atoms with Crippen molar-refractivity contribution in [1.82, 2.24) is 20.0 Å². The number of nitrogens with zero attached hydrogens (tertiary/aromatic N) is 3. The molecule has 0 bridgehead atoms. The Morgan fingerprint density at radius 1 is 1.30 bits per heavy atom. The van der Waals surface area contributed by atoms with Gasteiger partial charge in [-0.3, -0.25) is 14.4 Å². The molecule has 1 N–H and O–H groups in total. The number of carbonyl (C=O) groups is 1. The van der Waals surface area contributed by atoms with E-state index in [0.717, 1.165) is 32.5 Å². The first-order chi connectivity index (χ1) is 11.2. The van der Waals surface area contributed by atoms with E-state index in [0.29, 0.717) is 12.6 Å². The standard InChI is InChI=1S/C18H24N4O/c1-15-10-20-22(11-15)17-12-21(13-17)14-18(23)19-9-5-8-16-6-3-2-4-7-16/h2-4,6-7,10-11,17H,5,8-9,12-14H2,1H3,(H,19,23). The highest BCUT2D eigenvalue weighted by Gasteiger charge is 2.29. The number of likely N-dealkylation sites (tertiary alicyclic amines) is 1. The van der Waals surface area contributed by atoms with Gasteiger partial charge < -0.3 is 5.32 Å². The maximum Gasteiger partial charge on any atom is 0.234 e. The van der Waals surface area contributed by atoms with Crippen LogP contribution in [-0.4, -0.2) is 46.8 Å². The van der Waals surface area contributed by atoms with E-state index in [2.05, 4.69) is 45.8 Å². The summed E-state index contributed by atoms with van der Waals surface area (Å²) in [5, 5.41) is 7.34. The molecule has 0 spiro atoms. The minimum atomic E-state index is 0.119. The van der Waals surface area contributed by atoms with Gasteiger partial charge in [-0.1, -0.05) is 30.3 Å². The molecule has 1 aliphatic rings. The van der Waals surface area contributed by atoms with Gasteiger partial charge in [-0.2, -0.15) is 5.10 Å². The summed E-state index contributed by atoms with van der Waals surface area (Å²) < 4.78 is 2.00. The van der Waals surface area contributed by atoms with Gasteiger partial charge in [0.25, 0.3) is 0 Å². The van der Waals surface area contributed by atoms with E-state index in [1.54, 1.807) is 0 Å². The second kappa shape index (κ2) is 7.42. The quantitative estimate of drug-likeness (QED) is 0.793. The molecule has 2 aromatic rings. The average Bonchev–Trinajstić information content (AvgIpc) is 2.94. The first kappa shape index (κ1) is 15.7. The van der Waals surface area contributed by atoms with Crippen LogP contribution in [0.2, 0.25) is 0 Å². The number of carbonyl (C=O) groups excluding carboxylic acids is 1. The number of aromatic nitrogens is 2. The maximum absolute atomic E-state index is 11.9. The minimum absolute atomic E-state index is 0.119. The molecular formula is C18H24N4O. The second-order valence-electron chi connectivity index (χ2n) is 6.28. The summed E-state index contributed by atoms with van der Waals surface area (Å²) in [6, 6.07) is 10.8. The summed E-state index contributed by atoms with van der Waals surface area (Å²) in [5.41, 5.74) is 2.50. The van der Waals surface area contributed by atoms with Crippen molar-refractivity contribution >= 4 is 5.91 Å². The summed E-state index contributed by atoms with van der Waals surface area (Å²) >= 11 is 0. The molecule has 23 heavy (non-hydrogen) atoms. The Morgan fingerprint density at radius 3 is 2.78 bits per heavy atom. The zero-order valence-electron chi connectivity index (χ0n) is 13.6. The van der Waals surface area contributed by atoms with Crippen molar-refractivity contribution in [3.8, 4) is 0 Å². The zero-order valence-corrected chi connectivity index (χ0v) is 13.6. The second-order valence-corrected chi connectivity index (χ2v) is 6.28. The zero-order chi connectivity index (χ0) is 16.1. The molecule has 3 rings (SSSR count). The van der Waals surface area contributed by atoms with Gasteiger partial charge in [0, 0.05) is 25.8 Å². The van der Waals surface area contributed by atoms with Gasteiger partial charge in [0.2, 0.25) is 5.91 Å². The summed E-state index contributed by atoms with van der Waals surface area (Å²) in [4.78, 5) is 14.1. The number of hydrogen-bond acceptors (Lipinski definition) is 3. The molecule has 1 saturated heterocycles. The monoisotopic (exact) mass is 312 g/mol. The fraction of sp³-hybridized carbons (Fsp3) is 0.444. The van der Waals surface area contributed by atoms with Gasteiger partial charge in [0.1, 0.15) is 0 Å². The lowest BCUT2D eigenvalue weighted by atomic mass is 10.1. The Hall–Kier alpha value is -2.14. The summed E-state index contributed by atoms with van der Waals surface area (Å²) in [6.07, 6.45) is 5.92. The van der Waals surface area contributed by atoms with Crippen LogP contribution in [0.1, 0.15) is 23.6 Å². The largest absolute Gasteiger partial charge is 0.355 e. The highest BCUT2D eigenvalue weighted by molar-refractivity contribution is 5.78. The average molecular weight is 312 g/mol. The Kier molecular flexibility index (Phi) is 5.08. The lowest BCUT2D eigenvalue weighted by Crippen LogP contribution is -2.51. The number of rotatable bonds is 7. The van der Waals surface area contributed by atoms with Crippen LogP contribution < -0.4 is 5.32 Å². The molecule has 2 heterocycles. The topological polar surface area (TPSA) is 50.2 Å². The van der Waals surface area contributed by atoms with Crippen molar-refractivity contribution in [1.29, 1.82) is 0 Å². The minimum Gasteiger partial charge on any atom is -0.355 e. The van der Waals surface area contributed by atoms with Gasteiger partial charge in [-0.05, 0) is 30.9 Å². The first-order valence-electron chi connectivity index (χ1n) is 8.24. The Balaban J connectivity index is 1.29. The SMILES string of the molecule is Cc1cnn(C2CN(CC(=O)NCCCc3ccccc3)C2)c1. The number of hydrogen-bond donors (Lipinski definition) is 1. The van der Waals surface area contributed by atoms with Crippen molar-refractivity contribution < 1.29 is 4.79 Å². The lowest BCUT2D eigenvalue weighted by molar-refractivity contribution is -0.123. The van der Waals surface area contributed by atoms with E-state index in [9.17, 15) is 4.79 Å². The van der Waals surface area contributed by atoms with Crippen molar-refractivity contribution in [2.45, 2.75) is 25.8 Å². The number of amides is 1. The Bertz CT molecular complexity index is 631. The van der Waals surface area contributed by atoms with Crippen molar-refractivity contribution in [3.63, 3.8) is 0 Å². The Labute approximate surface area is 137 Å². The fourth-order valence-corrected chi connectivity index (χ4v) is 2.90. The molecule has 0 atom stereocenters. The molecule has 5 nitrogen and oxygen atoms in total. The molecule has 122 valence electrons. The van der Waals surface area contributed by atoms with Crippen LogP contribution in [0.3, 0.4) is 0 Å². The molecule has 0 saturated carbocycles. The lowest BCUT2D eigenvalue weighted by Gasteiger charge is -2.38. The van der Waals surface area contributed by atoms with E-state index < -0.39 is 0 Å². The van der Waals surface area contributed by atoms with Gasteiger partial charge in [-0.15, -0.1) is 0 Å². The van der Waals surface area contributed by atoms with Crippen LogP contribution in [0, 0.1) is 6.92 Å². The summed E-state index contributed by atoms with van der Waals surface area (Å²) in [7, 11) is 0. The molecular weight excluding hydrogens is 288 g/mol. The van der Waals surface area contributed by atoms with E-state index in [1.165, 1.54) is 11.1 Å². The highest BCUT2D eigenvalue weighted by atomic mass is 16.2. The third-order valence-electron chi connectivity index (χ3n) is 4.22. The summed E-state index contributed by atoms with van der Waals surface area (Å²) in [5.74, 6) is 0.119.